The van der Waals surface area contributed by atoms with Gasteiger partial charge in [-0.05, 0) is 110 Å². The molecule has 0 amide bonds. The van der Waals surface area contributed by atoms with E-state index < -0.39 is 0 Å². The highest BCUT2D eigenvalue weighted by atomic mass is 16.7. The van der Waals surface area contributed by atoms with Gasteiger partial charge in [0.05, 0.1) is 21.3 Å². The molecule has 9 heteroatoms. The van der Waals surface area contributed by atoms with E-state index in [0.29, 0.717) is 52.4 Å². The largest absolute Gasteiger partial charge is 0.493 e. The molecule has 0 spiro atoms. The number of fused-ring (bicyclic) bond motifs is 3. The molecule has 6 bridgehead atoms. The molecule has 0 aliphatic carbocycles. The van der Waals surface area contributed by atoms with Crippen molar-refractivity contribution >= 4 is 0 Å². The predicted molar refractivity (Wildman–Crippen MR) is 177 cm³/mol. The zero-order valence-corrected chi connectivity index (χ0v) is 27.6. The summed E-state index contributed by atoms with van der Waals surface area (Å²) in [6.07, 6.45) is 3.29. The molecule has 47 heavy (non-hydrogen) atoms. The molecule has 9 nitrogen and oxygen atoms in total. The number of methoxy groups -OCH3 is 3. The number of nitrogens with zero attached hydrogens (tertiary/aromatic N) is 2. The summed E-state index contributed by atoms with van der Waals surface area (Å²) in [5.74, 6) is 5.90. The van der Waals surface area contributed by atoms with E-state index in [0.717, 1.165) is 49.2 Å². The van der Waals surface area contributed by atoms with Crippen LogP contribution in [0.25, 0.3) is 0 Å². The van der Waals surface area contributed by atoms with Crippen LogP contribution in [0, 0.1) is 0 Å². The standard InChI is InChI=1S/C38H40N2O7/c1-39-12-10-24-18-30(41-3)31-20-27(24)28(39)14-22-6-8-26(9-7-22)46-34-17-23(16-33-36(34)45-21-44-33)15-29-35-25(11-13-40(29)2)19-32(42-4)37(43-5)38(35)47-31/h6-9,16-20,28-29H,10-15,21H2,1-5H3/t28-,29-/m0/s1. The zero-order chi connectivity index (χ0) is 32.2. The maximum absolute atomic E-state index is 7.04. The molecule has 0 aromatic heterocycles. The molecule has 5 aliphatic rings. The van der Waals surface area contributed by atoms with E-state index in [1.807, 2.05) is 12.1 Å². The zero-order valence-electron chi connectivity index (χ0n) is 27.6. The lowest BCUT2D eigenvalue weighted by Gasteiger charge is -2.37. The van der Waals surface area contributed by atoms with Crippen LogP contribution in [-0.2, 0) is 25.7 Å². The minimum Gasteiger partial charge on any atom is -0.493 e. The lowest BCUT2D eigenvalue weighted by Crippen LogP contribution is -2.34. The van der Waals surface area contributed by atoms with Crippen LogP contribution in [0.2, 0.25) is 0 Å². The third-order valence-electron chi connectivity index (χ3n) is 10.1. The molecule has 5 aliphatic heterocycles. The fourth-order valence-corrected chi connectivity index (χ4v) is 7.57. The summed E-state index contributed by atoms with van der Waals surface area (Å²) >= 11 is 0. The second kappa shape index (κ2) is 11.9. The maximum atomic E-state index is 7.04. The molecule has 0 saturated carbocycles. The van der Waals surface area contributed by atoms with Crippen molar-refractivity contribution in [3.63, 3.8) is 0 Å². The van der Waals surface area contributed by atoms with Crippen molar-refractivity contribution in [3.05, 3.63) is 88.0 Å². The lowest BCUT2D eigenvalue weighted by molar-refractivity contribution is 0.171. The van der Waals surface area contributed by atoms with Crippen molar-refractivity contribution in [3.8, 4) is 51.7 Å². The number of benzene rings is 4. The van der Waals surface area contributed by atoms with Crippen molar-refractivity contribution < 1.29 is 33.2 Å². The molecular weight excluding hydrogens is 596 g/mol. The second-order valence-electron chi connectivity index (χ2n) is 12.8. The van der Waals surface area contributed by atoms with Crippen molar-refractivity contribution in [2.75, 3.05) is 55.3 Å². The smallest absolute Gasteiger partial charge is 0.231 e. The number of hydrogen-bond acceptors (Lipinski definition) is 9. The van der Waals surface area contributed by atoms with Gasteiger partial charge in [-0.3, -0.25) is 9.80 Å². The molecular formula is C38H40N2O7. The average Bonchev–Trinajstić information content (AvgIpc) is 3.56. The highest BCUT2D eigenvalue weighted by molar-refractivity contribution is 5.64. The van der Waals surface area contributed by atoms with Gasteiger partial charge in [0.15, 0.2) is 34.5 Å². The molecule has 4 aromatic carbocycles. The topological polar surface area (TPSA) is 71.1 Å². The van der Waals surface area contributed by atoms with Crippen LogP contribution >= 0.6 is 0 Å². The first-order valence-electron chi connectivity index (χ1n) is 16.2. The fraction of sp³-hybridized carbons (Fsp3) is 0.368. The normalized spacial score (nSPS) is 19.9. The number of hydrogen-bond donors (Lipinski definition) is 0. The minimum absolute atomic E-state index is 0.0394. The number of ether oxygens (including phenoxy) is 7. The molecule has 4 aromatic rings. The monoisotopic (exact) mass is 636 g/mol. The van der Waals surface area contributed by atoms with Crippen molar-refractivity contribution in [2.45, 2.75) is 37.8 Å². The summed E-state index contributed by atoms with van der Waals surface area (Å²) < 4.78 is 43.2. The van der Waals surface area contributed by atoms with Gasteiger partial charge in [-0.2, -0.15) is 0 Å². The Kier molecular flexibility index (Phi) is 7.53. The van der Waals surface area contributed by atoms with E-state index in [2.05, 4.69) is 66.4 Å². The van der Waals surface area contributed by atoms with Crippen LogP contribution in [-0.4, -0.2) is 65.1 Å². The Morgan fingerprint density at radius 3 is 2.11 bits per heavy atom. The summed E-state index contributed by atoms with van der Waals surface area (Å²) in [5.41, 5.74) is 7.03. The van der Waals surface area contributed by atoms with Crippen molar-refractivity contribution in [2.24, 2.45) is 0 Å². The van der Waals surface area contributed by atoms with Crippen LogP contribution in [0.15, 0.2) is 54.6 Å². The molecule has 244 valence electrons. The Labute approximate surface area is 275 Å². The van der Waals surface area contributed by atoms with Gasteiger partial charge in [0.25, 0.3) is 0 Å². The van der Waals surface area contributed by atoms with Gasteiger partial charge in [0, 0.05) is 30.7 Å². The third-order valence-corrected chi connectivity index (χ3v) is 10.1. The highest BCUT2D eigenvalue weighted by Crippen LogP contribution is 2.52. The summed E-state index contributed by atoms with van der Waals surface area (Å²) in [7, 11) is 9.39. The summed E-state index contributed by atoms with van der Waals surface area (Å²) in [5, 5.41) is 0. The Balaban J connectivity index is 1.36. The molecule has 0 fully saturated rings. The quantitative estimate of drug-likeness (QED) is 0.239. The predicted octanol–water partition coefficient (Wildman–Crippen LogP) is 6.88. The van der Waals surface area contributed by atoms with Gasteiger partial charge in [-0.1, -0.05) is 12.1 Å². The number of likely N-dealkylation sites (N-methyl/N-ethyl adjacent to an activating group) is 2. The molecule has 9 rings (SSSR count). The Morgan fingerprint density at radius 2 is 1.34 bits per heavy atom. The van der Waals surface area contributed by atoms with Gasteiger partial charge >= 0.3 is 0 Å². The first-order chi connectivity index (χ1) is 22.9. The van der Waals surface area contributed by atoms with Gasteiger partial charge in [-0.25, -0.2) is 0 Å². The highest BCUT2D eigenvalue weighted by Gasteiger charge is 2.35. The molecule has 0 N–H and O–H groups in total. The van der Waals surface area contributed by atoms with Crippen molar-refractivity contribution in [1.82, 2.24) is 9.80 Å². The Bertz CT molecular complexity index is 1840. The summed E-state index contributed by atoms with van der Waals surface area (Å²) in [6.45, 7) is 1.99. The van der Waals surface area contributed by atoms with Gasteiger partial charge in [-0.15, -0.1) is 0 Å². The van der Waals surface area contributed by atoms with Crippen LogP contribution < -0.4 is 33.2 Å². The first-order valence-corrected chi connectivity index (χ1v) is 16.2. The lowest BCUT2D eigenvalue weighted by atomic mass is 9.87. The molecule has 0 unspecified atom stereocenters. The molecule has 5 heterocycles. The summed E-state index contributed by atoms with van der Waals surface area (Å²) in [6, 6.07) is 19.0. The van der Waals surface area contributed by atoms with Gasteiger partial charge in [0.2, 0.25) is 18.3 Å². The Hall–Kier alpha value is -4.60. The van der Waals surface area contributed by atoms with Crippen LogP contribution in [0.4, 0.5) is 0 Å². The van der Waals surface area contributed by atoms with Gasteiger partial charge in [0.1, 0.15) is 5.75 Å². The number of rotatable bonds is 3. The summed E-state index contributed by atoms with van der Waals surface area (Å²) in [4.78, 5) is 4.80. The van der Waals surface area contributed by atoms with E-state index >= 15 is 0 Å². The third kappa shape index (κ3) is 5.18. The molecule has 0 saturated heterocycles. The van der Waals surface area contributed by atoms with E-state index in [1.165, 1.54) is 22.3 Å². The van der Waals surface area contributed by atoms with Crippen LogP contribution in [0.5, 0.6) is 51.7 Å². The van der Waals surface area contributed by atoms with Gasteiger partial charge < -0.3 is 33.2 Å². The second-order valence-corrected chi connectivity index (χ2v) is 12.8. The first kappa shape index (κ1) is 29.8. The Morgan fingerprint density at radius 1 is 0.638 bits per heavy atom. The maximum Gasteiger partial charge on any atom is 0.231 e. The average molecular weight is 637 g/mol. The van der Waals surface area contributed by atoms with Crippen molar-refractivity contribution in [1.29, 1.82) is 0 Å². The molecule has 2 atom stereocenters. The van der Waals surface area contributed by atoms with E-state index in [1.54, 1.807) is 21.3 Å². The van der Waals surface area contributed by atoms with E-state index in [9.17, 15) is 0 Å². The fourth-order valence-electron chi connectivity index (χ4n) is 7.57. The van der Waals surface area contributed by atoms with Crippen LogP contribution in [0.3, 0.4) is 0 Å². The van der Waals surface area contributed by atoms with E-state index in [4.69, 9.17) is 33.2 Å². The minimum atomic E-state index is -0.0394. The van der Waals surface area contributed by atoms with Crippen LogP contribution in [0.1, 0.15) is 45.5 Å². The molecule has 0 radical (unpaired) electrons. The van der Waals surface area contributed by atoms with E-state index in [-0.39, 0.29) is 18.9 Å². The SMILES string of the molecule is COc1cc2c3cc1Oc1c(OC)c(OC)cc4c1[C@H](Cc1cc5c(c(c1)Oc1ccc(cc1)C[C@@H]3N(C)CC2)OCO5)N(C)CC4.